The zero-order valence-electron chi connectivity index (χ0n) is 18.7. The third kappa shape index (κ3) is 4.95. The standard InChI is InChI=1S/C22H35N3O6S/c1-25-9-5-3-2-4-6-15-13-22(15,21(29)24-32(30,31)17-7-8-17)23-20(28)18-12-16(26)10-14(18)11-19(25)27/h14-18,26H,2-13H2,1H3,(H,23,28)(H,24,29)/t14-,15+,16-,18+,22+/m0/s1. The number of hydrogen-bond acceptors (Lipinski definition) is 6. The zero-order valence-corrected chi connectivity index (χ0v) is 19.5. The van der Waals surface area contributed by atoms with Crippen LogP contribution in [0.1, 0.15) is 70.6 Å². The fourth-order valence-electron chi connectivity index (χ4n) is 5.40. The van der Waals surface area contributed by atoms with Crippen LogP contribution in [0.5, 0.6) is 0 Å². The second-order valence-corrected chi connectivity index (χ2v) is 12.2. The summed E-state index contributed by atoms with van der Waals surface area (Å²) in [6, 6.07) is 0. The molecule has 0 bridgehead atoms. The van der Waals surface area contributed by atoms with E-state index in [0.717, 1.165) is 32.1 Å². The van der Waals surface area contributed by atoms with Gasteiger partial charge in [-0.1, -0.05) is 19.3 Å². The van der Waals surface area contributed by atoms with Crippen LogP contribution in [0.25, 0.3) is 0 Å². The van der Waals surface area contributed by atoms with E-state index in [1.54, 1.807) is 11.9 Å². The molecule has 10 heteroatoms. The summed E-state index contributed by atoms with van der Waals surface area (Å²) in [6.45, 7) is 0.666. The molecule has 180 valence electrons. The Morgan fingerprint density at radius 1 is 1.12 bits per heavy atom. The zero-order chi connectivity index (χ0) is 23.1. The lowest BCUT2D eigenvalue weighted by Gasteiger charge is -2.25. The van der Waals surface area contributed by atoms with Crippen LogP contribution in [-0.4, -0.2) is 66.6 Å². The molecule has 0 aromatic carbocycles. The number of amides is 3. The molecule has 0 radical (unpaired) electrons. The van der Waals surface area contributed by atoms with Crippen molar-refractivity contribution in [3.8, 4) is 0 Å². The summed E-state index contributed by atoms with van der Waals surface area (Å²) >= 11 is 0. The predicted molar refractivity (Wildman–Crippen MR) is 117 cm³/mol. The van der Waals surface area contributed by atoms with Crippen molar-refractivity contribution in [2.75, 3.05) is 13.6 Å². The first-order valence-electron chi connectivity index (χ1n) is 11.9. The number of rotatable bonds is 3. The number of aliphatic hydroxyl groups is 1. The van der Waals surface area contributed by atoms with Crippen molar-refractivity contribution in [3.05, 3.63) is 0 Å². The third-order valence-electron chi connectivity index (χ3n) is 7.72. The van der Waals surface area contributed by atoms with E-state index in [4.69, 9.17) is 0 Å². The minimum absolute atomic E-state index is 0.0379. The van der Waals surface area contributed by atoms with Crippen LogP contribution in [0.4, 0.5) is 0 Å². The van der Waals surface area contributed by atoms with E-state index in [9.17, 15) is 27.9 Å². The van der Waals surface area contributed by atoms with Gasteiger partial charge in [0, 0.05) is 25.9 Å². The number of aliphatic hydroxyl groups excluding tert-OH is 1. The molecule has 32 heavy (non-hydrogen) atoms. The molecule has 3 amide bonds. The molecule has 4 rings (SSSR count). The Morgan fingerprint density at radius 3 is 2.56 bits per heavy atom. The van der Waals surface area contributed by atoms with Crippen molar-refractivity contribution < 1.29 is 27.9 Å². The van der Waals surface area contributed by atoms with Crippen molar-refractivity contribution in [3.63, 3.8) is 0 Å². The first-order valence-corrected chi connectivity index (χ1v) is 13.5. The summed E-state index contributed by atoms with van der Waals surface area (Å²) in [4.78, 5) is 40.7. The monoisotopic (exact) mass is 469 g/mol. The van der Waals surface area contributed by atoms with Gasteiger partial charge in [-0.05, 0) is 56.8 Å². The number of nitrogens with one attached hydrogen (secondary N) is 2. The van der Waals surface area contributed by atoms with Crippen molar-refractivity contribution in [1.29, 1.82) is 0 Å². The fraction of sp³-hybridized carbons (Fsp3) is 0.864. The second-order valence-electron chi connectivity index (χ2n) is 10.3. The lowest BCUT2D eigenvalue weighted by molar-refractivity contribution is -0.134. The molecule has 3 aliphatic carbocycles. The maximum atomic E-state index is 13.2. The molecular weight excluding hydrogens is 434 g/mol. The van der Waals surface area contributed by atoms with Crippen LogP contribution >= 0.6 is 0 Å². The van der Waals surface area contributed by atoms with Gasteiger partial charge in [-0.3, -0.25) is 19.1 Å². The van der Waals surface area contributed by atoms with Crippen molar-refractivity contribution in [1.82, 2.24) is 14.9 Å². The maximum absolute atomic E-state index is 13.2. The van der Waals surface area contributed by atoms with Crippen LogP contribution < -0.4 is 10.0 Å². The second kappa shape index (κ2) is 8.93. The van der Waals surface area contributed by atoms with Gasteiger partial charge < -0.3 is 15.3 Å². The minimum Gasteiger partial charge on any atom is -0.393 e. The Morgan fingerprint density at radius 2 is 1.84 bits per heavy atom. The van der Waals surface area contributed by atoms with Crippen molar-refractivity contribution in [2.24, 2.45) is 17.8 Å². The molecule has 5 atom stereocenters. The lowest BCUT2D eigenvalue weighted by atomic mass is 9.91. The van der Waals surface area contributed by atoms with Gasteiger partial charge in [-0.15, -0.1) is 0 Å². The summed E-state index contributed by atoms with van der Waals surface area (Å²) in [5, 5.41) is 12.6. The van der Waals surface area contributed by atoms with Gasteiger partial charge in [0.1, 0.15) is 5.54 Å². The van der Waals surface area contributed by atoms with Crippen molar-refractivity contribution >= 4 is 27.7 Å². The van der Waals surface area contributed by atoms with Gasteiger partial charge in [0.25, 0.3) is 5.91 Å². The fourth-order valence-corrected chi connectivity index (χ4v) is 6.76. The summed E-state index contributed by atoms with van der Waals surface area (Å²) in [6.07, 6.45) is 6.11. The molecule has 0 unspecified atom stereocenters. The normalized spacial score (nSPS) is 36.9. The number of carbonyl (C=O) groups is 3. The highest BCUT2D eigenvalue weighted by atomic mass is 32.2. The van der Waals surface area contributed by atoms with Gasteiger partial charge in [0.2, 0.25) is 21.8 Å². The maximum Gasteiger partial charge on any atom is 0.259 e. The van der Waals surface area contributed by atoms with E-state index in [1.165, 1.54) is 0 Å². The van der Waals surface area contributed by atoms with E-state index in [2.05, 4.69) is 10.0 Å². The molecule has 0 spiro atoms. The summed E-state index contributed by atoms with van der Waals surface area (Å²) in [5.41, 5.74) is -1.21. The molecular formula is C22H35N3O6S. The van der Waals surface area contributed by atoms with Gasteiger partial charge in [0.15, 0.2) is 0 Å². The van der Waals surface area contributed by atoms with E-state index < -0.39 is 38.7 Å². The molecule has 4 aliphatic rings. The number of carbonyl (C=O) groups excluding carboxylic acids is 3. The first kappa shape index (κ1) is 23.5. The highest BCUT2D eigenvalue weighted by molar-refractivity contribution is 7.91. The first-order chi connectivity index (χ1) is 15.1. The van der Waals surface area contributed by atoms with E-state index in [1.807, 2.05) is 0 Å². The molecule has 3 saturated carbocycles. The molecule has 1 saturated heterocycles. The van der Waals surface area contributed by atoms with Crippen LogP contribution in [0.2, 0.25) is 0 Å². The lowest BCUT2D eigenvalue weighted by Crippen LogP contribution is -2.54. The van der Waals surface area contributed by atoms with Crippen LogP contribution in [0.15, 0.2) is 0 Å². The number of nitrogens with zero attached hydrogens (tertiary/aromatic N) is 1. The Hall–Kier alpha value is -1.68. The average Bonchev–Trinajstić information content (AvgIpc) is 3.62. The Balaban J connectivity index is 1.53. The van der Waals surface area contributed by atoms with E-state index in [-0.39, 0.29) is 36.5 Å². The number of fused-ring (bicyclic) bond motifs is 2. The molecule has 0 aromatic rings. The summed E-state index contributed by atoms with van der Waals surface area (Å²) < 4.78 is 26.9. The van der Waals surface area contributed by atoms with Crippen LogP contribution in [0, 0.1) is 17.8 Å². The largest absolute Gasteiger partial charge is 0.393 e. The molecule has 1 heterocycles. The average molecular weight is 470 g/mol. The van der Waals surface area contributed by atoms with Crippen molar-refractivity contribution in [2.45, 2.75) is 87.5 Å². The summed E-state index contributed by atoms with van der Waals surface area (Å²) in [5.74, 6) is -2.00. The highest BCUT2D eigenvalue weighted by Crippen LogP contribution is 2.48. The predicted octanol–water partition coefficient (Wildman–Crippen LogP) is 0.669. The molecule has 9 nitrogen and oxygen atoms in total. The van der Waals surface area contributed by atoms with Gasteiger partial charge >= 0.3 is 0 Å². The quantitative estimate of drug-likeness (QED) is 0.556. The van der Waals surface area contributed by atoms with Gasteiger partial charge in [-0.2, -0.15) is 0 Å². The molecule has 1 aliphatic heterocycles. The van der Waals surface area contributed by atoms with Crippen LogP contribution in [-0.2, 0) is 24.4 Å². The van der Waals surface area contributed by atoms with Gasteiger partial charge in [0.05, 0.1) is 11.4 Å². The Kier molecular flexibility index (Phi) is 6.55. The number of hydrogen-bond donors (Lipinski definition) is 3. The smallest absolute Gasteiger partial charge is 0.259 e. The highest BCUT2D eigenvalue weighted by Gasteiger charge is 2.62. The topological polar surface area (TPSA) is 133 Å². The minimum atomic E-state index is -3.71. The molecule has 0 aromatic heterocycles. The Labute approximate surface area is 189 Å². The molecule has 4 fully saturated rings. The van der Waals surface area contributed by atoms with Crippen LogP contribution in [0.3, 0.4) is 0 Å². The van der Waals surface area contributed by atoms with E-state index in [0.29, 0.717) is 32.2 Å². The van der Waals surface area contributed by atoms with E-state index >= 15 is 0 Å². The molecule has 3 N–H and O–H groups in total. The third-order valence-corrected chi connectivity index (χ3v) is 9.54. The van der Waals surface area contributed by atoms with Gasteiger partial charge in [-0.25, -0.2) is 8.42 Å². The SMILES string of the molecule is CN1CCCCCC[C@@H]2C[C@@]2(C(=O)NS(=O)(=O)C2CC2)NC(=O)[C@@H]2C[C@@H](O)C[C@H]2CC1=O. The summed E-state index contributed by atoms with van der Waals surface area (Å²) in [7, 11) is -1.94. The Bertz CT molecular complexity index is 873. The number of sulfonamides is 1.